The van der Waals surface area contributed by atoms with Gasteiger partial charge in [-0.1, -0.05) is 17.7 Å². The highest BCUT2D eigenvalue weighted by Crippen LogP contribution is 2.24. The van der Waals surface area contributed by atoms with E-state index in [1.165, 1.54) is 12.1 Å². The van der Waals surface area contributed by atoms with Gasteiger partial charge in [0.15, 0.2) is 0 Å². The van der Waals surface area contributed by atoms with E-state index in [1.54, 1.807) is 6.07 Å². The molecule has 118 valence electrons. The molecule has 1 aliphatic rings. The van der Waals surface area contributed by atoms with E-state index in [2.05, 4.69) is 10.6 Å². The molecule has 0 saturated carbocycles. The van der Waals surface area contributed by atoms with Gasteiger partial charge in [-0.15, -0.1) is 12.4 Å². The van der Waals surface area contributed by atoms with Gasteiger partial charge in [0.2, 0.25) is 5.91 Å². The molecule has 6 heteroatoms. The molecule has 1 heterocycles. The maximum Gasteiger partial charge on any atom is 0.220 e. The molecule has 2 atom stereocenters. The third-order valence-electron chi connectivity index (χ3n) is 3.75. The van der Waals surface area contributed by atoms with Crippen LogP contribution in [-0.4, -0.2) is 19.0 Å². The van der Waals surface area contributed by atoms with Gasteiger partial charge in [-0.2, -0.15) is 0 Å². The fraction of sp³-hybridized carbons (Fsp3) is 0.533. The van der Waals surface area contributed by atoms with Crippen molar-refractivity contribution in [2.75, 3.05) is 13.1 Å². The molecule has 0 radical (unpaired) electrons. The number of carbonyl (C=O) groups excluding carboxylic acids is 1. The van der Waals surface area contributed by atoms with Crippen LogP contribution in [0.5, 0.6) is 0 Å². The molecule has 1 saturated heterocycles. The van der Waals surface area contributed by atoms with Crippen molar-refractivity contribution in [1.29, 1.82) is 0 Å². The fourth-order valence-corrected chi connectivity index (χ4v) is 2.87. The van der Waals surface area contributed by atoms with Gasteiger partial charge in [-0.3, -0.25) is 4.79 Å². The van der Waals surface area contributed by atoms with Gasteiger partial charge in [-0.05, 0) is 56.5 Å². The second-order valence-electron chi connectivity index (χ2n) is 5.35. The van der Waals surface area contributed by atoms with Gasteiger partial charge >= 0.3 is 0 Å². The van der Waals surface area contributed by atoms with Crippen LogP contribution in [0, 0.1) is 11.7 Å². The molecular weight excluding hydrogens is 314 g/mol. The van der Waals surface area contributed by atoms with E-state index in [0.29, 0.717) is 17.4 Å². The van der Waals surface area contributed by atoms with Crippen LogP contribution in [0.2, 0.25) is 5.02 Å². The Balaban J connectivity index is 0.00000220. The monoisotopic (exact) mass is 334 g/mol. The van der Waals surface area contributed by atoms with Crippen molar-refractivity contribution in [3.63, 3.8) is 0 Å². The lowest BCUT2D eigenvalue weighted by atomic mass is 10.0. The van der Waals surface area contributed by atoms with Crippen molar-refractivity contribution in [2.45, 2.75) is 32.2 Å². The SMILES string of the molecule is CC(NC(=O)CCC1CCNC1)c1ccc(F)cc1Cl.Cl. The van der Waals surface area contributed by atoms with Crippen LogP contribution in [0.3, 0.4) is 0 Å². The Bertz CT molecular complexity index is 479. The zero-order chi connectivity index (χ0) is 14.5. The quantitative estimate of drug-likeness (QED) is 0.865. The summed E-state index contributed by atoms with van der Waals surface area (Å²) < 4.78 is 13.0. The first-order valence-electron chi connectivity index (χ1n) is 7.01. The molecular formula is C15H21Cl2FN2O. The third kappa shape index (κ3) is 5.46. The lowest BCUT2D eigenvalue weighted by Crippen LogP contribution is -2.27. The summed E-state index contributed by atoms with van der Waals surface area (Å²) in [4.78, 5) is 11.9. The number of halogens is 3. The average molecular weight is 335 g/mol. The van der Waals surface area contributed by atoms with E-state index in [4.69, 9.17) is 11.6 Å². The van der Waals surface area contributed by atoms with E-state index in [0.717, 1.165) is 31.5 Å². The first-order valence-corrected chi connectivity index (χ1v) is 7.39. The van der Waals surface area contributed by atoms with Gasteiger partial charge in [0.05, 0.1) is 6.04 Å². The van der Waals surface area contributed by atoms with Gasteiger partial charge in [0, 0.05) is 11.4 Å². The molecule has 3 nitrogen and oxygen atoms in total. The lowest BCUT2D eigenvalue weighted by molar-refractivity contribution is -0.122. The Hall–Kier alpha value is -0.840. The van der Waals surface area contributed by atoms with Crippen molar-refractivity contribution in [1.82, 2.24) is 10.6 Å². The van der Waals surface area contributed by atoms with Crippen LogP contribution in [0.4, 0.5) is 4.39 Å². The maximum absolute atomic E-state index is 13.0. The van der Waals surface area contributed by atoms with E-state index in [1.807, 2.05) is 6.92 Å². The van der Waals surface area contributed by atoms with Crippen LogP contribution in [-0.2, 0) is 4.79 Å². The summed E-state index contributed by atoms with van der Waals surface area (Å²) >= 11 is 5.99. The van der Waals surface area contributed by atoms with Gasteiger partial charge in [-0.25, -0.2) is 4.39 Å². The second kappa shape index (κ2) is 8.57. The number of rotatable bonds is 5. The number of amides is 1. The average Bonchev–Trinajstić information content (AvgIpc) is 2.89. The van der Waals surface area contributed by atoms with Crippen LogP contribution in [0.15, 0.2) is 18.2 Å². The Kier molecular flexibility index (Phi) is 7.43. The largest absolute Gasteiger partial charge is 0.350 e. The highest BCUT2D eigenvalue weighted by Gasteiger charge is 2.17. The summed E-state index contributed by atoms with van der Waals surface area (Å²) in [6.07, 6.45) is 2.57. The summed E-state index contributed by atoms with van der Waals surface area (Å²) in [6, 6.07) is 4.03. The molecule has 2 rings (SSSR count). The Morgan fingerprint density at radius 3 is 2.95 bits per heavy atom. The number of nitrogens with one attached hydrogen (secondary N) is 2. The highest BCUT2D eigenvalue weighted by atomic mass is 35.5. The van der Waals surface area contributed by atoms with Gasteiger partial charge in [0.25, 0.3) is 0 Å². The highest BCUT2D eigenvalue weighted by molar-refractivity contribution is 6.31. The summed E-state index contributed by atoms with van der Waals surface area (Å²) in [5.41, 5.74) is 0.740. The first kappa shape index (κ1) is 18.2. The summed E-state index contributed by atoms with van der Waals surface area (Å²) in [6.45, 7) is 3.91. The van der Waals surface area contributed by atoms with Gasteiger partial charge in [0.1, 0.15) is 5.82 Å². The van der Waals surface area contributed by atoms with Crippen LogP contribution < -0.4 is 10.6 Å². The smallest absolute Gasteiger partial charge is 0.220 e. The normalized spacial score (nSPS) is 18.9. The predicted molar refractivity (Wildman–Crippen MR) is 85.4 cm³/mol. The standard InChI is InChI=1S/C15H20ClFN2O.ClH/c1-10(13-4-3-12(17)8-14(13)16)19-15(20)5-2-11-6-7-18-9-11;/h3-4,8,10-11,18H,2,5-7,9H2,1H3,(H,19,20);1H. The molecule has 2 N–H and O–H groups in total. The lowest BCUT2D eigenvalue weighted by Gasteiger charge is -2.16. The minimum atomic E-state index is -0.369. The number of carbonyl (C=O) groups is 1. The Morgan fingerprint density at radius 1 is 1.57 bits per heavy atom. The topological polar surface area (TPSA) is 41.1 Å². The molecule has 1 aliphatic heterocycles. The molecule has 2 unspecified atom stereocenters. The summed E-state index contributed by atoms with van der Waals surface area (Å²) in [7, 11) is 0. The molecule has 21 heavy (non-hydrogen) atoms. The zero-order valence-electron chi connectivity index (χ0n) is 12.0. The Labute approximate surface area is 136 Å². The fourth-order valence-electron chi connectivity index (χ4n) is 2.54. The minimum absolute atomic E-state index is 0. The van der Waals surface area contributed by atoms with Crippen molar-refractivity contribution >= 4 is 29.9 Å². The summed E-state index contributed by atoms with van der Waals surface area (Å²) in [5.74, 6) is 0.251. The van der Waals surface area contributed by atoms with Crippen molar-refractivity contribution in [3.05, 3.63) is 34.6 Å². The summed E-state index contributed by atoms with van der Waals surface area (Å²) in [5, 5.41) is 6.55. The molecule has 1 fully saturated rings. The molecule has 1 aromatic rings. The third-order valence-corrected chi connectivity index (χ3v) is 4.08. The minimum Gasteiger partial charge on any atom is -0.350 e. The first-order chi connectivity index (χ1) is 9.56. The molecule has 0 aromatic heterocycles. The molecule has 1 amide bonds. The van der Waals surface area contributed by atoms with Crippen molar-refractivity contribution in [3.8, 4) is 0 Å². The van der Waals surface area contributed by atoms with E-state index >= 15 is 0 Å². The number of hydrogen-bond donors (Lipinski definition) is 2. The van der Waals surface area contributed by atoms with Gasteiger partial charge < -0.3 is 10.6 Å². The van der Waals surface area contributed by atoms with E-state index < -0.39 is 0 Å². The molecule has 0 spiro atoms. The molecule has 1 aromatic carbocycles. The Morgan fingerprint density at radius 2 is 2.33 bits per heavy atom. The van der Waals surface area contributed by atoms with Crippen molar-refractivity contribution < 1.29 is 9.18 Å². The van der Waals surface area contributed by atoms with Crippen LogP contribution in [0.1, 0.15) is 37.8 Å². The van der Waals surface area contributed by atoms with E-state index in [9.17, 15) is 9.18 Å². The predicted octanol–water partition coefficient (Wildman–Crippen LogP) is 3.47. The molecule has 0 bridgehead atoms. The van der Waals surface area contributed by atoms with Crippen LogP contribution >= 0.6 is 24.0 Å². The van der Waals surface area contributed by atoms with Crippen LogP contribution in [0.25, 0.3) is 0 Å². The second-order valence-corrected chi connectivity index (χ2v) is 5.76. The van der Waals surface area contributed by atoms with Crippen molar-refractivity contribution in [2.24, 2.45) is 5.92 Å². The zero-order valence-corrected chi connectivity index (χ0v) is 13.6. The number of benzene rings is 1. The number of hydrogen-bond acceptors (Lipinski definition) is 2. The molecule has 0 aliphatic carbocycles. The van der Waals surface area contributed by atoms with E-state index in [-0.39, 0.29) is 30.2 Å². The maximum atomic E-state index is 13.0.